The van der Waals surface area contributed by atoms with Crippen molar-refractivity contribution in [2.24, 2.45) is 0 Å². The standard InChI is InChI=1S/C40H38N4/c1-23-27(5)39-29(7)37-25(3)26(4)38(42-37)30(8)40-28(6)24(2)36(44(40)34-17-13-10-14-18-34)22-32-20-19-31(41-32)21-35(23)43(39)33-15-11-9-12-16-33/h9-22H,1-8H3. The molecule has 0 saturated carbocycles. The summed E-state index contributed by atoms with van der Waals surface area (Å²) >= 11 is 0. The molecule has 0 atom stereocenters. The molecule has 7 rings (SSSR count). The van der Waals surface area contributed by atoms with E-state index < -0.39 is 0 Å². The zero-order chi connectivity index (χ0) is 30.9. The lowest BCUT2D eigenvalue weighted by Gasteiger charge is -2.10. The van der Waals surface area contributed by atoms with Crippen LogP contribution in [0.4, 0.5) is 0 Å². The van der Waals surface area contributed by atoms with E-state index in [0.717, 1.165) is 45.2 Å². The number of aryl methyl sites for hydroxylation is 6. The fourth-order valence-electron chi connectivity index (χ4n) is 7.01. The van der Waals surface area contributed by atoms with E-state index in [1.807, 2.05) is 0 Å². The summed E-state index contributed by atoms with van der Waals surface area (Å²) in [5.41, 5.74) is 20.8. The maximum absolute atomic E-state index is 5.46. The minimum atomic E-state index is 0.946. The van der Waals surface area contributed by atoms with Crippen molar-refractivity contribution < 1.29 is 0 Å². The first kappa shape index (κ1) is 27.8. The molecule has 0 N–H and O–H groups in total. The summed E-state index contributed by atoms with van der Waals surface area (Å²) in [5.74, 6) is 0. The Morgan fingerprint density at radius 3 is 1.20 bits per heavy atom. The molecule has 0 amide bonds. The number of para-hydroxylation sites is 2. The molecular weight excluding hydrogens is 536 g/mol. The first-order valence-electron chi connectivity index (χ1n) is 15.4. The number of fused-ring (bicyclic) bond motifs is 8. The van der Waals surface area contributed by atoms with Gasteiger partial charge < -0.3 is 9.13 Å². The highest BCUT2D eigenvalue weighted by Gasteiger charge is 2.23. The van der Waals surface area contributed by atoms with Gasteiger partial charge in [0.25, 0.3) is 0 Å². The van der Waals surface area contributed by atoms with Crippen LogP contribution >= 0.6 is 0 Å². The second kappa shape index (κ2) is 10.3. The zero-order valence-corrected chi connectivity index (χ0v) is 26.9. The maximum atomic E-state index is 5.46. The van der Waals surface area contributed by atoms with Crippen LogP contribution in [0.5, 0.6) is 0 Å². The lowest BCUT2D eigenvalue weighted by Crippen LogP contribution is -1.98. The molecule has 3 aromatic heterocycles. The van der Waals surface area contributed by atoms with Crippen LogP contribution in [-0.2, 0) is 0 Å². The number of aromatic nitrogens is 4. The van der Waals surface area contributed by atoms with Crippen LogP contribution in [0, 0.1) is 41.5 Å². The first-order valence-corrected chi connectivity index (χ1v) is 15.4. The molecule has 5 heterocycles. The molecular formula is C40H38N4. The highest BCUT2D eigenvalue weighted by atomic mass is 15.0. The largest absolute Gasteiger partial charge is 0.310 e. The van der Waals surface area contributed by atoms with Crippen LogP contribution in [-0.4, -0.2) is 19.1 Å². The molecule has 218 valence electrons. The van der Waals surface area contributed by atoms with Gasteiger partial charge in [0.05, 0.1) is 44.8 Å². The third-order valence-corrected chi connectivity index (χ3v) is 9.73. The van der Waals surface area contributed by atoms with Crippen LogP contribution in [0.2, 0.25) is 0 Å². The maximum Gasteiger partial charge on any atom is 0.0719 e. The van der Waals surface area contributed by atoms with E-state index in [0.29, 0.717) is 0 Å². The van der Waals surface area contributed by atoms with E-state index >= 15 is 0 Å². The molecule has 0 saturated heterocycles. The predicted octanol–water partition coefficient (Wildman–Crippen LogP) is 10.2. The van der Waals surface area contributed by atoms with Crippen molar-refractivity contribution in [2.45, 2.75) is 55.4 Å². The third kappa shape index (κ3) is 4.12. The average molecular weight is 575 g/mol. The van der Waals surface area contributed by atoms with Gasteiger partial charge in [-0.2, -0.15) is 0 Å². The van der Waals surface area contributed by atoms with Gasteiger partial charge in [0.1, 0.15) is 0 Å². The molecule has 4 nitrogen and oxygen atoms in total. The van der Waals surface area contributed by atoms with Crippen LogP contribution in [0.15, 0.2) is 72.8 Å². The molecule has 2 aromatic carbocycles. The number of hydrogen-bond donors (Lipinski definition) is 0. The number of hydrogen-bond acceptors (Lipinski definition) is 2. The van der Waals surface area contributed by atoms with Crippen molar-refractivity contribution >= 4 is 45.4 Å². The highest BCUT2D eigenvalue weighted by Crippen LogP contribution is 2.39. The molecule has 2 aliphatic rings. The van der Waals surface area contributed by atoms with Crippen LogP contribution < -0.4 is 0 Å². The molecule has 4 heteroatoms. The van der Waals surface area contributed by atoms with Gasteiger partial charge >= 0.3 is 0 Å². The topological polar surface area (TPSA) is 35.6 Å². The highest BCUT2D eigenvalue weighted by molar-refractivity contribution is 5.96. The Morgan fingerprint density at radius 2 is 0.818 bits per heavy atom. The summed E-state index contributed by atoms with van der Waals surface area (Å²) in [6.07, 6.45) is 4.26. The molecule has 0 unspecified atom stereocenters. The van der Waals surface area contributed by atoms with E-state index in [2.05, 4.69) is 149 Å². The summed E-state index contributed by atoms with van der Waals surface area (Å²) in [7, 11) is 0. The molecule has 0 fully saturated rings. The fraction of sp³-hybridized carbons (Fsp3) is 0.200. The Bertz CT molecular complexity index is 2070. The first-order chi connectivity index (χ1) is 21.2. The normalized spacial score (nSPS) is 12.8. The number of rotatable bonds is 2. The third-order valence-electron chi connectivity index (χ3n) is 9.73. The van der Waals surface area contributed by atoms with E-state index in [9.17, 15) is 0 Å². The molecule has 2 aliphatic heterocycles. The molecule has 0 aliphatic carbocycles. The van der Waals surface area contributed by atoms with Gasteiger partial charge in [0.2, 0.25) is 0 Å². The minimum absolute atomic E-state index is 0.946. The van der Waals surface area contributed by atoms with Gasteiger partial charge in [-0.3, -0.25) is 0 Å². The Labute approximate surface area is 259 Å². The van der Waals surface area contributed by atoms with Crippen molar-refractivity contribution in [3.05, 3.63) is 129 Å². The summed E-state index contributed by atoms with van der Waals surface area (Å²) in [4.78, 5) is 10.6. The van der Waals surface area contributed by atoms with Gasteiger partial charge in [-0.1, -0.05) is 36.4 Å². The summed E-state index contributed by atoms with van der Waals surface area (Å²) in [5, 5.41) is 0. The van der Waals surface area contributed by atoms with E-state index in [-0.39, 0.29) is 0 Å². The van der Waals surface area contributed by atoms with Crippen molar-refractivity contribution in [1.82, 2.24) is 19.1 Å². The van der Waals surface area contributed by atoms with Gasteiger partial charge in [0.15, 0.2) is 0 Å². The molecule has 0 radical (unpaired) electrons. The summed E-state index contributed by atoms with van der Waals surface area (Å²) in [6, 6.07) is 25.8. The fourth-order valence-corrected chi connectivity index (χ4v) is 7.01. The average Bonchev–Trinajstić information content (AvgIpc) is 3.74. The van der Waals surface area contributed by atoms with E-state index in [1.54, 1.807) is 0 Å². The predicted molar refractivity (Wildman–Crippen MR) is 186 cm³/mol. The van der Waals surface area contributed by atoms with Gasteiger partial charge in [0, 0.05) is 11.4 Å². The van der Waals surface area contributed by atoms with Crippen LogP contribution in [0.3, 0.4) is 0 Å². The lowest BCUT2D eigenvalue weighted by molar-refractivity contribution is 1.13. The Balaban J connectivity index is 1.76. The van der Waals surface area contributed by atoms with Gasteiger partial charge in [-0.25, -0.2) is 9.97 Å². The monoisotopic (exact) mass is 574 g/mol. The van der Waals surface area contributed by atoms with Gasteiger partial charge in [-0.15, -0.1) is 0 Å². The second-order valence-electron chi connectivity index (χ2n) is 12.2. The minimum Gasteiger partial charge on any atom is -0.310 e. The van der Waals surface area contributed by atoms with Crippen molar-refractivity contribution in [1.29, 1.82) is 0 Å². The number of nitrogens with zero attached hydrogens (tertiary/aromatic N) is 4. The Hall–Kier alpha value is -4.96. The van der Waals surface area contributed by atoms with Gasteiger partial charge in [-0.05, 0) is 148 Å². The molecule has 0 spiro atoms. The SMILES string of the molecule is CC1=C(C)c2nc1c(C)c1c(C)c(C)c(cc3nc(cc4c(C)c(C)c(c2C)n4-c2ccccc2)C=C3)n1-c1ccccc1. The Kier molecular flexibility index (Phi) is 6.55. The molecule has 8 bridgehead atoms. The van der Waals surface area contributed by atoms with Crippen molar-refractivity contribution in [3.63, 3.8) is 0 Å². The van der Waals surface area contributed by atoms with E-state index in [4.69, 9.17) is 9.97 Å². The quantitative estimate of drug-likeness (QED) is 0.206. The number of benzene rings is 2. The number of allylic oxidation sites excluding steroid dienone is 2. The van der Waals surface area contributed by atoms with Crippen molar-refractivity contribution in [2.75, 3.05) is 0 Å². The summed E-state index contributed by atoms with van der Waals surface area (Å²) in [6.45, 7) is 17.8. The molecule has 44 heavy (non-hydrogen) atoms. The second-order valence-corrected chi connectivity index (χ2v) is 12.2. The smallest absolute Gasteiger partial charge is 0.0719 e. The van der Waals surface area contributed by atoms with E-state index in [1.165, 1.54) is 55.6 Å². The zero-order valence-electron chi connectivity index (χ0n) is 26.9. The van der Waals surface area contributed by atoms with Crippen LogP contribution in [0.1, 0.15) is 70.0 Å². The van der Waals surface area contributed by atoms with Crippen molar-refractivity contribution in [3.8, 4) is 11.4 Å². The summed E-state index contributed by atoms with van der Waals surface area (Å²) < 4.78 is 4.79. The lowest BCUT2D eigenvalue weighted by atomic mass is 10.0. The van der Waals surface area contributed by atoms with Crippen LogP contribution in [0.25, 0.3) is 56.7 Å². The molecule has 5 aromatic rings. The Morgan fingerprint density at radius 1 is 0.432 bits per heavy atom.